The lowest BCUT2D eigenvalue weighted by Gasteiger charge is -2.37. The summed E-state index contributed by atoms with van der Waals surface area (Å²) >= 11 is 0. The SMILES string of the molecule is CCNC(CCc1ccccc1)C1CCC(C)C(C)C1. The van der Waals surface area contributed by atoms with E-state index in [1.54, 1.807) is 0 Å². The number of benzene rings is 1. The predicted molar refractivity (Wildman–Crippen MR) is 87.9 cm³/mol. The van der Waals surface area contributed by atoms with Crippen molar-refractivity contribution in [1.82, 2.24) is 5.32 Å². The Kier molecular flexibility index (Phi) is 6.09. The van der Waals surface area contributed by atoms with Crippen LogP contribution < -0.4 is 5.32 Å². The summed E-state index contributed by atoms with van der Waals surface area (Å²) in [6.07, 6.45) is 6.73. The molecule has 4 atom stereocenters. The van der Waals surface area contributed by atoms with Crippen molar-refractivity contribution in [1.29, 1.82) is 0 Å². The lowest BCUT2D eigenvalue weighted by molar-refractivity contribution is 0.167. The summed E-state index contributed by atoms with van der Waals surface area (Å²) in [5.74, 6) is 2.69. The van der Waals surface area contributed by atoms with Crippen LogP contribution in [0.4, 0.5) is 0 Å². The van der Waals surface area contributed by atoms with E-state index >= 15 is 0 Å². The summed E-state index contributed by atoms with van der Waals surface area (Å²) in [7, 11) is 0. The monoisotopic (exact) mass is 273 g/mol. The van der Waals surface area contributed by atoms with Crippen LogP contribution in [0.5, 0.6) is 0 Å². The average molecular weight is 273 g/mol. The van der Waals surface area contributed by atoms with E-state index < -0.39 is 0 Å². The van der Waals surface area contributed by atoms with E-state index in [9.17, 15) is 0 Å². The van der Waals surface area contributed by atoms with Gasteiger partial charge in [-0.2, -0.15) is 0 Å². The van der Waals surface area contributed by atoms with Crippen molar-refractivity contribution < 1.29 is 0 Å². The minimum atomic E-state index is 0.704. The predicted octanol–water partition coefficient (Wildman–Crippen LogP) is 4.67. The van der Waals surface area contributed by atoms with Gasteiger partial charge in [0.15, 0.2) is 0 Å². The van der Waals surface area contributed by atoms with Gasteiger partial charge in [0.2, 0.25) is 0 Å². The topological polar surface area (TPSA) is 12.0 Å². The Labute approximate surface area is 125 Å². The van der Waals surface area contributed by atoms with E-state index in [1.807, 2.05) is 0 Å². The van der Waals surface area contributed by atoms with Gasteiger partial charge in [0.05, 0.1) is 0 Å². The Bertz CT molecular complexity index is 373. The van der Waals surface area contributed by atoms with E-state index in [1.165, 1.54) is 37.7 Å². The highest BCUT2D eigenvalue weighted by molar-refractivity contribution is 5.14. The standard InChI is InChI=1S/C19H31N/c1-4-20-19(13-11-17-8-6-5-7-9-17)18-12-10-15(2)16(3)14-18/h5-9,15-16,18-20H,4,10-14H2,1-3H3. The second-order valence-electron chi connectivity index (χ2n) is 6.72. The van der Waals surface area contributed by atoms with Crippen molar-refractivity contribution in [2.24, 2.45) is 17.8 Å². The quantitative estimate of drug-likeness (QED) is 0.794. The third kappa shape index (κ3) is 4.34. The van der Waals surface area contributed by atoms with Crippen LogP contribution in [0.1, 0.15) is 52.0 Å². The Morgan fingerprint density at radius 1 is 1.10 bits per heavy atom. The highest BCUT2D eigenvalue weighted by Gasteiger charge is 2.29. The van der Waals surface area contributed by atoms with Gasteiger partial charge in [-0.3, -0.25) is 0 Å². The fourth-order valence-electron chi connectivity index (χ4n) is 3.69. The molecular formula is C19H31N. The maximum absolute atomic E-state index is 3.76. The average Bonchev–Trinajstić information content (AvgIpc) is 2.47. The molecule has 1 fully saturated rings. The molecule has 0 heterocycles. The van der Waals surface area contributed by atoms with Crippen LogP contribution in [0, 0.1) is 17.8 Å². The zero-order valence-electron chi connectivity index (χ0n) is 13.4. The number of nitrogens with one attached hydrogen (secondary N) is 1. The van der Waals surface area contributed by atoms with Crippen LogP contribution in [0.25, 0.3) is 0 Å². The summed E-state index contributed by atoms with van der Waals surface area (Å²) < 4.78 is 0. The van der Waals surface area contributed by atoms with Crippen LogP contribution in [-0.2, 0) is 6.42 Å². The summed E-state index contributed by atoms with van der Waals surface area (Å²) in [6.45, 7) is 8.20. The molecule has 1 aliphatic carbocycles. The first-order chi connectivity index (χ1) is 9.70. The second-order valence-corrected chi connectivity index (χ2v) is 6.72. The van der Waals surface area contributed by atoms with Crippen molar-refractivity contribution in [2.75, 3.05) is 6.54 Å². The number of hydrogen-bond acceptors (Lipinski definition) is 1. The summed E-state index contributed by atoms with van der Waals surface area (Å²) in [5.41, 5.74) is 1.48. The van der Waals surface area contributed by atoms with E-state index in [0.717, 1.165) is 24.3 Å². The Morgan fingerprint density at radius 2 is 1.85 bits per heavy atom. The molecule has 0 saturated heterocycles. The number of rotatable bonds is 6. The largest absolute Gasteiger partial charge is 0.314 e. The van der Waals surface area contributed by atoms with Crippen LogP contribution in [-0.4, -0.2) is 12.6 Å². The molecule has 1 N–H and O–H groups in total. The maximum Gasteiger partial charge on any atom is 0.00984 e. The molecule has 0 radical (unpaired) electrons. The molecule has 0 aliphatic heterocycles. The lowest BCUT2D eigenvalue weighted by Crippen LogP contribution is -2.40. The van der Waals surface area contributed by atoms with Gasteiger partial charge in [0, 0.05) is 6.04 Å². The molecule has 1 aromatic rings. The molecule has 1 nitrogen and oxygen atoms in total. The van der Waals surface area contributed by atoms with Gasteiger partial charge in [-0.05, 0) is 55.5 Å². The van der Waals surface area contributed by atoms with Gasteiger partial charge in [0.1, 0.15) is 0 Å². The molecule has 1 aliphatic rings. The normalized spacial score (nSPS) is 28.2. The summed E-state index contributed by atoms with van der Waals surface area (Å²) in [6, 6.07) is 11.6. The van der Waals surface area contributed by atoms with Crippen molar-refractivity contribution in [3.8, 4) is 0 Å². The Balaban J connectivity index is 1.89. The smallest absolute Gasteiger partial charge is 0.00984 e. The van der Waals surface area contributed by atoms with Crippen molar-refractivity contribution >= 4 is 0 Å². The Hall–Kier alpha value is -0.820. The van der Waals surface area contributed by atoms with Crippen molar-refractivity contribution in [3.05, 3.63) is 35.9 Å². The Morgan fingerprint density at radius 3 is 2.50 bits per heavy atom. The zero-order valence-corrected chi connectivity index (χ0v) is 13.4. The maximum atomic E-state index is 3.76. The van der Waals surface area contributed by atoms with Crippen LogP contribution in [0.2, 0.25) is 0 Å². The van der Waals surface area contributed by atoms with Gasteiger partial charge in [-0.25, -0.2) is 0 Å². The fraction of sp³-hybridized carbons (Fsp3) is 0.684. The number of hydrogen-bond donors (Lipinski definition) is 1. The van der Waals surface area contributed by atoms with Gasteiger partial charge in [0.25, 0.3) is 0 Å². The molecule has 0 aromatic heterocycles. The molecule has 0 spiro atoms. The summed E-state index contributed by atoms with van der Waals surface area (Å²) in [4.78, 5) is 0. The minimum Gasteiger partial charge on any atom is -0.314 e. The molecule has 2 rings (SSSR count). The molecule has 20 heavy (non-hydrogen) atoms. The highest BCUT2D eigenvalue weighted by Crippen LogP contribution is 2.35. The van der Waals surface area contributed by atoms with Crippen molar-refractivity contribution in [3.63, 3.8) is 0 Å². The van der Waals surface area contributed by atoms with E-state index in [2.05, 4.69) is 56.4 Å². The minimum absolute atomic E-state index is 0.704. The summed E-state index contributed by atoms with van der Waals surface area (Å²) in [5, 5.41) is 3.76. The number of aryl methyl sites for hydroxylation is 1. The highest BCUT2D eigenvalue weighted by atomic mass is 14.9. The first-order valence-corrected chi connectivity index (χ1v) is 8.48. The third-order valence-corrected chi connectivity index (χ3v) is 5.26. The first-order valence-electron chi connectivity index (χ1n) is 8.48. The fourth-order valence-corrected chi connectivity index (χ4v) is 3.69. The van der Waals surface area contributed by atoms with E-state index in [-0.39, 0.29) is 0 Å². The van der Waals surface area contributed by atoms with E-state index in [0.29, 0.717) is 6.04 Å². The first kappa shape index (κ1) is 15.6. The second kappa shape index (κ2) is 7.83. The van der Waals surface area contributed by atoms with Crippen LogP contribution >= 0.6 is 0 Å². The van der Waals surface area contributed by atoms with Crippen molar-refractivity contribution in [2.45, 2.75) is 58.9 Å². The molecule has 112 valence electrons. The van der Waals surface area contributed by atoms with Gasteiger partial charge < -0.3 is 5.32 Å². The zero-order chi connectivity index (χ0) is 14.4. The van der Waals surface area contributed by atoms with Crippen LogP contribution in [0.3, 0.4) is 0 Å². The molecular weight excluding hydrogens is 242 g/mol. The third-order valence-electron chi connectivity index (χ3n) is 5.26. The van der Waals surface area contributed by atoms with Gasteiger partial charge >= 0.3 is 0 Å². The van der Waals surface area contributed by atoms with Gasteiger partial charge in [-0.15, -0.1) is 0 Å². The lowest BCUT2D eigenvalue weighted by atomic mass is 9.72. The molecule has 0 amide bonds. The molecule has 1 aromatic carbocycles. The van der Waals surface area contributed by atoms with Gasteiger partial charge in [-0.1, -0.05) is 57.5 Å². The molecule has 0 bridgehead atoms. The van der Waals surface area contributed by atoms with E-state index in [4.69, 9.17) is 0 Å². The molecule has 4 unspecified atom stereocenters. The molecule has 1 heteroatoms. The van der Waals surface area contributed by atoms with Crippen LogP contribution in [0.15, 0.2) is 30.3 Å². The molecule has 1 saturated carbocycles.